The zero-order valence-corrected chi connectivity index (χ0v) is 9.86. The largest absolute Gasteiger partial charge is 0.292 e. The first-order chi connectivity index (χ1) is 6.71. The first-order valence-electron chi connectivity index (χ1n) is 4.67. The van der Waals surface area contributed by atoms with Crippen LogP contribution in [0.5, 0.6) is 0 Å². The van der Waals surface area contributed by atoms with E-state index in [1.165, 1.54) is 0 Å². The molecule has 0 aliphatic heterocycles. The Kier molecular flexibility index (Phi) is 7.11. The molecule has 2 nitrogen and oxygen atoms in total. The number of aliphatic imine (C=N–C) groups is 1. The zero-order valence-electron chi connectivity index (χ0n) is 9.04. The van der Waals surface area contributed by atoms with E-state index >= 15 is 0 Å². The predicted molar refractivity (Wildman–Crippen MR) is 65.1 cm³/mol. The molecule has 0 aromatic carbocycles. The summed E-state index contributed by atoms with van der Waals surface area (Å²) < 4.78 is 0. The highest BCUT2D eigenvalue weighted by Gasteiger charge is 2.12. The number of carbonyl (C=O) groups is 1. The molecule has 0 rings (SSSR count). The Morgan fingerprint density at radius 2 is 2.14 bits per heavy atom. The van der Waals surface area contributed by atoms with Crippen molar-refractivity contribution in [1.29, 1.82) is 0 Å². The lowest BCUT2D eigenvalue weighted by Crippen LogP contribution is -2.14. The molecule has 0 radical (unpaired) electrons. The van der Waals surface area contributed by atoms with Gasteiger partial charge in [0, 0.05) is 18.4 Å². The molecule has 0 saturated carbocycles. The molecule has 0 amide bonds. The molecule has 0 bridgehead atoms. The van der Waals surface area contributed by atoms with Gasteiger partial charge in [0.15, 0.2) is 5.78 Å². The lowest BCUT2D eigenvalue weighted by atomic mass is 10.2. The highest BCUT2D eigenvalue weighted by molar-refractivity contribution is 8.04. The number of thioether (sulfide) groups is 1. The number of allylic oxidation sites excluding steroid dienone is 3. The first-order valence-corrected chi connectivity index (χ1v) is 5.65. The molecule has 0 spiro atoms. The van der Waals surface area contributed by atoms with Gasteiger partial charge in [-0.25, -0.2) is 0 Å². The molecule has 14 heavy (non-hydrogen) atoms. The lowest BCUT2D eigenvalue weighted by Gasteiger charge is -2.06. The third-order valence-corrected chi connectivity index (χ3v) is 2.54. The van der Waals surface area contributed by atoms with E-state index in [1.54, 1.807) is 24.9 Å². The second kappa shape index (κ2) is 7.56. The van der Waals surface area contributed by atoms with Gasteiger partial charge in [-0.1, -0.05) is 26.5 Å². The summed E-state index contributed by atoms with van der Waals surface area (Å²) in [6.07, 6.45) is 4.02. The Morgan fingerprint density at radius 1 is 1.50 bits per heavy atom. The van der Waals surface area contributed by atoms with Gasteiger partial charge in [-0.3, -0.25) is 9.79 Å². The van der Waals surface area contributed by atoms with Crippen LogP contribution in [-0.4, -0.2) is 24.3 Å². The van der Waals surface area contributed by atoms with Crippen LogP contribution < -0.4 is 0 Å². The highest BCUT2D eigenvalue weighted by Crippen LogP contribution is 2.18. The number of hydrogen-bond acceptors (Lipinski definition) is 3. The van der Waals surface area contributed by atoms with E-state index in [1.807, 2.05) is 19.9 Å². The molecule has 0 fully saturated rings. The van der Waals surface area contributed by atoms with Crippen molar-refractivity contribution < 1.29 is 4.79 Å². The van der Waals surface area contributed by atoms with Crippen LogP contribution in [0.2, 0.25) is 0 Å². The number of Topliss-reactive ketones (excluding diaryl/α,β-unsaturated/α-hetero) is 1. The molecule has 0 saturated heterocycles. The van der Waals surface area contributed by atoms with E-state index < -0.39 is 0 Å². The second-order valence-electron chi connectivity index (χ2n) is 2.55. The summed E-state index contributed by atoms with van der Waals surface area (Å²) in [5.41, 5.74) is 0.569. The summed E-state index contributed by atoms with van der Waals surface area (Å²) in [6.45, 7) is 7.52. The van der Waals surface area contributed by atoms with Crippen LogP contribution in [0.4, 0.5) is 0 Å². The van der Waals surface area contributed by atoms with Crippen molar-refractivity contribution in [2.45, 2.75) is 20.3 Å². The standard InChI is InChI=1S/C11H17NOS/c1-5-8-10(14-7-3)11(12-4)9(13)6-2/h5,8H,1,6-7H2,2-4H3/b10-8+,12-11?. The fraction of sp³-hybridized carbons (Fsp3) is 0.455. The SMILES string of the molecule is C=C/C=C(/SCC)C(=NC)C(=O)CC. The Hall–Kier alpha value is -0.830. The molecule has 0 aromatic heterocycles. The van der Waals surface area contributed by atoms with Crippen LogP contribution in [0.3, 0.4) is 0 Å². The highest BCUT2D eigenvalue weighted by atomic mass is 32.2. The van der Waals surface area contributed by atoms with Crippen molar-refractivity contribution in [3.05, 3.63) is 23.6 Å². The molecule has 0 atom stereocenters. The summed E-state index contributed by atoms with van der Waals surface area (Å²) in [7, 11) is 1.65. The quantitative estimate of drug-likeness (QED) is 0.499. The van der Waals surface area contributed by atoms with Gasteiger partial charge in [0.25, 0.3) is 0 Å². The summed E-state index contributed by atoms with van der Waals surface area (Å²) in [5.74, 6) is 1.01. The average Bonchev–Trinajstić information content (AvgIpc) is 2.19. The molecule has 3 heteroatoms. The maximum atomic E-state index is 11.5. The van der Waals surface area contributed by atoms with Crippen molar-refractivity contribution in [1.82, 2.24) is 0 Å². The van der Waals surface area contributed by atoms with E-state index in [2.05, 4.69) is 11.6 Å². The second-order valence-corrected chi connectivity index (χ2v) is 3.85. The Balaban J connectivity index is 4.87. The molecular weight excluding hydrogens is 194 g/mol. The van der Waals surface area contributed by atoms with Crippen molar-refractivity contribution in [2.75, 3.05) is 12.8 Å². The molecule has 0 aromatic rings. The summed E-state index contributed by atoms with van der Waals surface area (Å²) in [5, 5.41) is 0. The van der Waals surface area contributed by atoms with Gasteiger partial charge in [-0.15, -0.1) is 11.8 Å². The third-order valence-electron chi connectivity index (χ3n) is 1.61. The van der Waals surface area contributed by atoms with Crippen LogP contribution in [-0.2, 0) is 4.79 Å². The molecule has 0 aliphatic carbocycles. The van der Waals surface area contributed by atoms with Crippen LogP contribution in [0.1, 0.15) is 20.3 Å². The minimum Gasteiger partial charge on any atom is -0.292 e. The van der Waals surface area contributed by atoms with E-state index in [0.717, 1.165) is 10.7 Å². The van der Waals surface area contributed by atoms with Gasteiger partial charge in [0.2, 0.25) is 0 Å². The van der Waals surface area contributed by atoms with E-state index in [9.17, 15) is 4.79 Å². The van der Waals surface area contributed by atoms with Crippen LogP contribution in [0.25, 0.3) is 0 Å². The lowest BCUT2D eigenvalue weighted by molar-refractivity contribution is -0.112. The fourth-order valence-corrected chi connectivity index (χ4v) is 1.84. The number of hydrogen-bond donors (Lipinski definition) is 0. The predicted octanol–water partition coefficient (Wildman–Crippen LogP) is 2.86. The molecular formula is C11H17NOS. The number of carbonyl (C=O) groups excluding carboxylic acids is 1. The number of nitrogens with zero attached hydrogens (tertiary/aromatic N) is 1. The number of rotatable bonds is 6. The third kappa shape index (κ3) is 3.92. The summed E-state index contributed by atoms with van der Waals surface area (Å²) >= 11 is 1.62. The van der Waals surface area contributed by atoms with Crippen LogP contribution >= 0.6 is 11.8 Å². The van der Waals surface area contributed by atoms with Gasteiger partial charge in [-0.2, -0.15) is 0 Å². The van der Waals surface area contributed by atoms with Crippen LogP contribution in [0, 0.1) is 0 Å². The van der Waals surface area contributed by atoms with Crippen molar-refractivity contribution >= 4 is 23.3 Å². The minimum atomic E-state index is 0.0848. The van der Waals surface area contributed by atoms with Gasteiger partial charge < -0.3 is 0 Å². The molecule has 0 unspecified atom stereocenters. The Bertz CT molecular complexity index is 266. The first kappa shape index (κ1) is 13.2. The fourth-order valence-electron chi connectivity index (χ4n) is 0.998. The summed E-state index contributed by atoms with van der Waals surface area (Å²) in [4.78, 5) is 16.5. The van der Waals surface area contributed by atoms with E-state index in [-0.39, 0.29) is 5.78 Å². The molecule has 78 valence electrons. The van der Waals surface area contributed by atoms with Crippen molar-refractivity contribution in [3.8, 4) is 0 Å². The molecule has 0 heterocycles. The maximum absolute atomic E-state index is 11.5. The van der Waals surface area contributed by atoms with Crippen LogP contribution in [0.15, 0.2) is 28.6 Å². The smallest absolute Gasteiger partial charge is 0.181 e. The van der Waals surface area contributed by atoms with Gasteiger partial charge >= 0.3 is 0 Å². The number of ketones is 1. The van der Waals surface area contributed by atoms with E-state index in [4.69, 9.17) is 0 Å². The normalized spacial score (nSPS) is 12.8. The maximum Gasteiger partial charge on any atom is 0.181 e. The zero-order chi connectivity index (χ0) is 11.0. The van der Waals surface area contributed by atoms with Gasteiger partial charge in [0.05, 0.1) is 0 Å². The molecule has 0 aliphatic rings. The van der Waals surface area contributed by atoms with Crippen molar-refractivity contribution in [3.63, 3.8) is 0 Å². The van der Waals surface area contributed by atoms with Crippen molar-refractivity contribution in [2.24, 2.45) is 4.99 Å². The Morgan fingerprint density at radius 3 is 2.50 bits per heavy atom. The topological polar surface area (TPSA) is 29.4 Å². The average molecular weight is 211 g/mol. The van der Waals surface area contributed by atoms with Gasteiger partial charge in [-0.05, 0) is 11.8 Å². The monoisotopic (exact) mass is 211 g/mol. The summed E-state index contributed by atoms with van der Waals surface area (Å²) in [6, 6.07) is 0. The van der Waals surface area contributed by atoms with Gasteiger partial charge in [0.1, 0.15) is 5.71 Å². The Labute approximate surface area is 90.2 Å². The molecule has 0 N–H and O–H groups in total. The van der Waals surface area contributed by atoms with E-state index in [0.29, 0.717) is 12.1 Å². The minimum absolute atomic E-state index is 0.0848.